The monoisotopic (exact) mass is 284 g/mol. The molecule has 0 radical (unpaired) electrons. The van der Waals surface area contributed by atoms with Crippen molar-refractivity contribution in [3.63, 3.8) is 0 Å². The van der Waals surface area contributed by atoms with Crippen molar-refractivity contribution in [1.29, 1.82) is 5.26 Å². The normalized spacial score (nSPS) is 9.71. The molecule has 0 fully saturated rings. The van der Waals surface area contributed by atoms with E-state index in [0.29, 0.717) is 41.7 Å². The molecule has 0 saturated heterocycles. The zero-order chi connectivity index (χ0) is 15.1. The molecule has 2 N–H and O–H groups in total. The summed E-state index contributed by atoms with van der Waals surface area (Å²) in [6.45, 7) is 0.732. The Bertz CT molecular complexity index is 650. The van der Waals surface area contributed by atoms with Gasteiger partial charge in [-0.2, -0.15) is 5.26 Å². The number of nitrogen functional groups attached to an aromatic ring is 1. The van der Waals surface area contributed by atoms with Crippen LogP contribution in [0.5, 0.6) is 17.2 Å². The number of ether oxygens (including phenoxy) is 3. The number of hydrogen-bond acceptors (Lipinski definition) is 5. The molecule has 108 valence electrons. The lowest BCUT2D eigenvalue weighted by Gasteiger charge is -2.10. The fourth-order valence-electron chi connectivity index (χ4n) is 1.76. The van der Waals surface area contributed by atoms with E-state index in [1.165, 1.54) is 0 Å². The lowest BCUT2D eigenvalue weighted by atomic mass is 10.2. The van der Waals surface area contributed by atoms with Gasteiger partial charge in [0.25, 0.3) is 0 Å². The maximum Gasteiger partial charge on any atom is 0.124 e. The summed E-state index contributed by atoms with van der Waals surface area (Å²) in [5.41, 5.74) is 6.80. The van der Waals surface area contributed by atoms with E-state index in [4.69, 9.17) is 25.2 Å². The molecule has 0 bridgehead atoms. The third-order valence-corrected chi connectivity index (χ3v) is 2.72. The highest BCUT2D eigenvalue weighted by atomic mass is 16.5. The molecule has 2 aromatic carbocycles. The minimum atomic E-state index is 0.354. The quantitative estimate of drug-likeness (QED) is 0.651. The van der Waals surface area contributed by atoms with E-state index in [-0.39, 0.29) is 0 Å². The predicted octanol–water partition coefficient (Wildman–Crippen LogP) is 2.61. The number of anilines is 1. The van der Waals surface area contributed by atoms with E-state index in [2.05, 4.69) is 6.07 Å². The second-order valence-electron chi connectivity index (χ2n) is 4.28. The topological polar surface area (TPSA) is 77.5 Å². The summed E-state index contributed by atoms with van der Waals surface area (Å²) in [4.78, 5) is 0. The molecule has 0 saturated carbocycles. The zero-order valence-corrected chi connectivity index (χ0v) is 11.7. The van der Waals surface area contributed by atoms with E-state index in [1.54, 1.807) is 37.4 Å². The average molecular weight is 284 g/mol. The smallest absolute Gasteiger partial charge is 0.124 e. The third-order valence-electron chi connectivity index (χ3n) is 2.72. The van der Waals surface area contributed by atoms with Gasteiger partial charge in [0.1, 0.15) is 30.5 Å². The fourth-order valence-corrected chi connectivity index (χ4v) is 1.76. The van der Waals surface area contributed by atoms with Gasteiger partial charge in [-0.05, 0) is 24.3 Å². The molecule has 0 atom stereocenters. The van der Waals surface area contributed by atoms with Crippen LogP contribution in [0.4, 0.5) is 5.69 Å². The highest BCUT2D eigenvalue weighted by Crippen LogP contribution is 2.22. The summed E-state index contributed by atoms with van der Waals surface area (Å²) < 4.78 is 16.2. The Kier molecular flexibility index (Phi) is 4.89. The third kappa shape index (κ3) is 4.32. The Balaban J connectivity index is 1.87. The SMILES string of the molecule is COc1cc(C#N)cc(OCCOc2cccc(N)c2)c1. The van der Waals surface area contributed by atoms with Gasteiger partial charge in [-0.25, -0.2) is 0 Å². The number of nitrogens with zero attached hydrogens (tertiary/aromatic N) is 1. The Labute approximate surface area is 123 Å². The molecule has 5 nitrogen and oxygen atoms in total. The van der Waals surface area contributed by atoms with Gasteiger partial charge in [-0.3, -0.25) is 0 Å². The molecule has 0 heterocycles. The Morgan fingerprint density at radius 3 is 2.38 bits per heavy atom. The van der Waals surface area contributed by atoms with Crippen LogP contribution in [0.2, 0.25) is 0 Å². The van der Waals surface area contributed by atoms with Gasteiger partial charge in [0.05, 0.1) is 18.7 Å². The molecule has 0 amide bonds. The Morgan fingerprint density at radius 1 is 1.00 bits per heavy atom. The first-order valence-corrected chi connectivity index (χ1v) is 6.41. The van der Waals surface area contributed by atoms with Crippen LogP contribution in [-0.2, 0) is 0 Å². The van der Waals surface area contributed by atoms with Crippen molar-refractivity contribution in [3.05, 3.63) is 48.0 Å². The van der Waals surface area contributed by atoms with Gasteiger partial charge in [0.15, 0.2) is 0 Å². The Hall–Kier alpha value is -2.87. The van der Waals surface area contributed by atoms with E-state index >= 15 is 0 Å². The minimum absolute atomic E-state index is 0.354. The van der Waals surface area contributed by atoms with Crippen LogP contribution in [-0.4, -0.2) is 20.3 Å². The van der Waals surface area contributed by atoms with Crippen LogP contribution < -0.4 is 19.9 Å². The summed E-state index contributed by atoms with van der Waals surface area (Å²) in [6.07, 6.45) is 0. The van der Waals surface area contributed by atoms with Gasteiger partial charge in [-0.15, -0.1) is 0 Å². The van der Waals surface area contributed by atoms with Crippen LogP contribution in [0.15, 0.2) is 42.5 Å². The van der Waals surface area contributed by atoms with Crippen molar-refractivity contribution in [2.24, 2.45) is 0 Å². The fraction of sp³-hybridized carbons (Fsp3) is 0.188. The van der Waals surface area contributed by atoms with Crippen LogP contribution in [0, 0.1) is 11.3 Å². The van der Waals surface area contributed by atoms with Gasteiger partial charge in [-0.1, -0.05) is 6.07 Å². The first-order chi connectivity index (χ1) is 10.2. The van der Waals surface area contributed by atoms with Gasteiger partial charge < -0.3 is 19.9 Å². The Morgan fingerprint density at radius 2 is 1.71 bits per heavy atom. The number of benzene rings is 2. The molecule has 0 aromatic heterocycles. The summed E-state index contributed by atoms with van der Waals surface area (Å²) in [7, 11) is 1.54. The molecule has 0 aliphatic rings. The minimum Gasteiger partial charge on any atom is -0.497 e. The zero-order valence-electron chi connectivity index (χ0n) is 11.7. The largest absolute Gasteiger partial charge is 0.497 e. The molecule has 0 aliphatic heterocycles. The van der Waals surface area contributed by atoms with E-state index < -0.39 is 0 Å². The molecule has 5 heteroatoms. The molecular formula is C16H16N2O3. The second kappa shape index (κ2) is 7.06. The van der Waals surface area contributed by atoms with Crippen LogP contribution in [0.3, 0.4) is 0 Å². The van der Waals surface area contributed by atoms with Crippen molar-refractivity contribution in [2.75, 3.05) is 26.1 Å². The van der Waals surface area contributed by atoms with Crippen molar-refractivity contribution >= 4 is 5.69 Å². The number of nitrogens with two attached hydrogens (primary N) is 1. The number of methoxy groups -OCH3 is 1. The molecule has 2 rings (SSSR count). The van der Waals surface area contributed by atoms with E-state index in [1.807, 2.05) is 12.1 Å². The first kappa shape index (κ1) is 14.5. The summed E-state index contributed by atoms with van der Waals surface area (Å²) in [5, 5.41) is 8.93. The number of rotatable bonds is 6. The molecule has 0 spiro atoms. The number of hydrogen-bond donors (Lipinski definition) is 1. The standard InChI is InChI=1S/C16H16N2O3/c1-19-15-7-12(11-17)8-16(10-15)21-6-5-20-14-4-2-3-13(18)9-14/h2-4,7-10H,5-6,18H2,1H3. The van der Waals surface area contributed by atoms with E-state index in [9.17, 15) is 0 Å². The maximum atomic E-state index is 8.93. The highest BCUT2D eigenvalue weighted by molar-refractivity contribution is 5.44. The van der Waals surface area contributed by atoms with Crippen LogP contribution in [0.25, 0.3) is 0 Å². The molecule has 2 aromatic rings. The summed E-state index contributed by atoms with van der Waals surface area (Å²) >= 11 is 0. The summed E-state index contributed by atoms with van der Waals surface area (Å²) in [5.74, 6) is 1.85. The number of nitriles is 1. The molecular weight excluding hydrogens is 268 g/mol. The maximum absolute atomic E-state index is 8.93. The van der Waals surface area contributed by atoms with Crippen molar-refractivity contribution in [1.82, 2.24) is 0 Å². The predicted molar refractivity (Wildman–Crippen MR) is 79.6 cm³/mol. The molecule has 0 unspecified atom stereocenters. The first-order valence-electron chi connectivity index (χ1n) is 6.41. The van der Waals surface area contributed by atoms with Gasteiger partial charge >= 0.3 is 0 Å². The highest BCUT2D eigenvalue weighted by Gasteiger charge is 2.02. The average Bonchev–Trinajstić information content (AvgIpc) is 2.51. The van der Waals surface area contributed by atoms with Crippen molar-refractivity contribution in [3.8, 4) is 23.3 Å². The molecule has 0 aliphatic carbocycles. The van der Waals surface area contributed by atoms with Crippen LogP contribution in [0.1, 0.15) is 5.56 Å². The van der Waals surface area contributed by atoms with E-state index in [0.717, 1.165) is 0 Å². The lowest BCUT2D eigenvalue weighted by molar-refractivity contribution is 0.216. The lowest BCUT2D eigenvalue weighted by Crippen LogP contribution is -2.09. The van der Waals surface area contributed by atoms with Crippen LogP contribution >= 0.6 is 0 Å². The van der Waals surface area contributed by atoms with Gasteiger partial charge in [0.2, 0.25) is 0 Å². The van der Waals surface area contributed by atoms with Gasteiger partial charge in [0, 0.05) is 17.8 Å². The molecule has 21 heavy (non-hydrogen) atoms. The van der Waals surface area contributed by atoms with Crippen molar-refractivity contribution in [2.45, 2.75) is 0 Å². The summed E-state index contributed by atoms with van der Waals surface area (Å²) in [6, 6.07) is 14.3. The van der Waals surface area contributed by atoms with Crippen molar-refractivity contribution < 1.29 is 14.2 Å². The second-order valence-corrected chi connectivity index (χ2v) is 4.28.